The molecule has 1 N–H and O–H groups in total. The summed E-state index contributed by atoms with van der Waals surface area (Å²) in [5, 5.41) is 8.67. The van der Waals surface area contributed by atoms with Crippen LogP contribution in [0, 0.1) is 6.92 Å². The fraction of sp³-hybridized carbons (Fsp3) is 0.571. The van der Waals surface area contributed by atoms with Crippen molar-refractivity contribution in [1.29, 1.82) is 0 Å². The third-order valence-electron chi connectivity index (χ3n) is 1.66. The molecule has 1 heterocycles. The molecule has 0 bridgehead atoms. The molecule has 0 fully saturated rings. The molecule has 4 heteroatoms. The Morgan fingerprint density at radius 1 is 1.64 bits per heavy atom. The summed E-state index contributed by atoms with van der Waals surface area (Å²) >= 11 is 3.39. The first kappa shape index (κ1) is 8.74. The molecular formula is C7H11BrN2O. The largest absolute Gasteiger partial charge is 0.396 e. The predicted molar refractivity (Wildman–Crippen MR) is 46.4 cm³/mol. The lowest BCUT2D eigenvalue weighted by Crippen LogP contribution is -1.92. The normalized spacial score (nSPS) is 10.5. The fourth-order valence-electron chi connectivity index (χ4n) is 0.917. The lowest BCUT2D eigenvalue weighted by Gasteiger charge is -1.95. The van der Waals surface area contributed by atoms with Gasteiger partial charge in [-0.1, -0.05) is 0 Å². The zero-order valence-electron chi connectivity index (χ0n) is 6.63. The van der Waals surface area contributed by atoms with Crippen LogP contribution in [-0.4, -0.2) is 21.3 Å². The minimum atomic E-state index is 0.148. The summed E-state index contributed by atoms with van der Waals surface area (Å²) in [6.07, 6.45) is 0.613. The second-order valence-electron chi connectivity index (χ2n) is 2.43. The van der Waals surface area contributed by atoms with E-state index in [0.717, 1.165) is 16.1 Å². The maximum absolute atomic E-state index is 8.67. The van der Waals surface area contributed by atoms with Gasteiger partial charge in [0.05, 0.1) is 5.69 Å². The van der Waals surface area contributed by atoms with Crippen LogP contribution in [-0.2, 0) is 13.5 Å². The van der Waals surface area contributed by atoms with Crippen LogP contribution < -0.4 is 0 Å². The van der Waals surface area contributed by atoms with Crippen molar-refractivity contribution in [1.82, 2.24) is 9.55 Å². The van der Waals surface area contributed by atoms with Gasteiger partial charge in [0.25, 0.3) is 0 Å². The number of halogens is 1. The lowest BCUT2D eigenvalue weighted by molar-refractivity contribution is 0.298. The number of aliphatic hydroxyl groups excluding tert-OH is 1. The Morgan fingerprint density at radius 2 is 2.27 bits per heavy atom. The molecule has 1 aromatic heterocycles. The smallest absolute Gasteiger partial charge is 0.108 e. The van der Waals surface area contributed by atoms with E-state index < -0.39 is 0 Å². The summed E-state index contributed by atoms with van der Waals surface area (Å²) < 4.78 is 2.91. The summed E-state index contributed by atoms with van der Waals surface area (Å²) in [5.74, 6) is 0.959. The predicted octanol–water partition coefficient (Wildman–Crippen LogP) is 1.03. The molecule has 0 amide bonds. The van der Waals surface area contributed by atoms with E-state index in [0.29, 0.717) is 6.42 Å². The van der Waals surface area contributed by atoms with Gasteiger partial charge in [-0.15, -0.1) is 0 Å². The molecule has 0 unspecified atom stereocenters. The Balaban J connectivity index is 2.98. The molecule has 0 aromatic carbocycles. The van der Waals surface area contributed by atoms with Crippen molar-refractivity contribution >= 4 is 15.9 Å². The Morgan fingerprint density at radius 3 is 2.64 bits per heavy atom. The first-order valence-corrected chi connectivity index (χ1v) is 4.24. The van der Waals surface area contributed by atoms with Crippen molar-refractivity contribution in [2.24, 2.45) is 7.05 Å². The molecule has 11 heavy (non-hydrogen) atoms. The average molecular weight is 219 g/mol. The number of aliphatic hydroxyl groups is 1. The molecule has 0 aliphatic heterocycles. The highest BCUT2D eigenvalue weighted by molar-refractivity contribution is 9.10. The van der Waals surface area contributed by atoms with E-state index in [1.165, 1.54) is 0 Å². The summed E-state index contributed by atoms with van der Waals surface area (Å²) in [4.78, 5) is 4.26. The van der Waals surface area contributed by atoms with Crippen molar-refractivity contribution in [3.05, 3.63) is 16.1 Å². The number of hydrogen-bond donors (Lipinski definition) is 1. The standard InChI is InChI=1S/C7H11BrN2O/c1-5-9-6(3-4-11)7(8)10(5)2/h11H,3-4H2,1-2H3. The monoisotopic (exact) mass is 218 g/mol. The van der Waals surface area contributed by atoms with Crippen molar-refractivity contribution in [3.8, 4) is 0 Å². The maximum atomic E-state index is 8.67. The van der Waals surface area contributed by atoms with Gasteiger partial charge in [-0.25, -0.2) is 4.98 Å². The molecule has 0 atom stereocenters. The quantitative estimate of drug-likeness (QED) is 0.806. The minimum absolute atomic E-state index is 0.148. The lowest BCUT2D eigenvalue weighted by atomic mass is 10.3. The highest BCUT2D eigenvalue weighted by atomic mass is 79.9. The van der Waals surface area contributed by atoms with Gasteiger partial charge in [-0.3, -0.25) is 0 Å². The number of rotatable bonds is 2. The summed E-state index contributed by atoms with van der Waals surface area (Å²) in [6, 6.07) is 0. The van der Waals surface area contributed by atoms with Crippen molar-refractivity contribution in [2.75, 3.05) is 6.61 Å². The van der Waals surface area contributed by atoms with Crippen LogP contribution in [0.1, 0.15) is 11.5 Å². The Bertz CT molecular complexity index is 257. The van der Waals surface area contributed by atoms with Crippen LogP contribution in [0.5, 0.6) is 0 Å². The molecule has 0 spiro atoms. The van der Waals surface area contributed by atoms with E-state index >= 15 is 0 Å². The molecule has 0 saturated heterocycles. The number of nitrogens with zero attached hydrogens (tertiary/aromatic N) is 2. The van der Waals surface area contributed by atoms with Crippen molar-refractivity contribution < 1.29 is 5.11 Å². The maximum Gasteiger partial charge on any atom is 0.108 e. The first-order chi connectivity index (χ1) is 5.16. The van der Waals surface area contributed by atoms with E-state index in [4.69, 9.17) is 5.11 Å². The van der Waals surface area contributed by atoms with Gasteiger partial charge in [-0.05, 0) is 22.9 Å². The summed E-state index contributed by atoms with van der Waals surface area (Å²) in [7, 11) is 1.94. The summed E-state index contributed by atoms with van der Waals surface area (Å²) in [5.41, 5.74) is 0.924. The highest BCUT2D eigenvalue weighted by Crippen LogP contribution is 2.16. The fourth-order valence-corrected chi connectivity index (χ4v) is 1.46. The first-order valence-electron chi connectivity index (χ1n) is 3.45. The van der Waals surface area contributed by atoms with Gasteiger partial charge in [0.15, 0.2) is 0 Å². The van der Waals surface area contributed by atoms with Crippen LogP contribution in [0.2, 0.25) is 0 Å². The Hall–Kier alpha value is -0.350. The second kappa shape index (κ2) is 3.36. The van der Waals surface area contributed by atoms with E-state index in [1.807, 2.05) is 18.5 Å². The third-order valence-corrected chi connectivity index (χ3v) is 2.65. The molecule has 1 rings (SSSR count). The summed E-state index contributed by atoms with van der Waals surface area (Å²) in [6.45, 7) is 2.08. The van der Waals surface area contributed by atoms with Gasteiger partial charge < -0.3 is 9.67 Å². The topological polar surface area (TPSA) is 38.1 Å². The van der Waals surface area contributed by atoms with Gasteiger partial charge in [-0.2, -0.15) is 0 Å². The van der Waals surface area contributed by atoms with Crippen LogP contribution in [0.25, 0.3) is 0 Å². The number of aromatic nitrogens is 2. The zero-order valence-corrected chi connectivity index (χ0v) is 8.22. The zero-order chi connectivity index (χ0) is 8.43. The van der Waals surface area contributed by atoms with Crippen LogP contribution in [0.3, 0.4) is 0 Å². The van der Waals surface area contributed by atoms with Gasteiger partial charge in [0, 0.05) is 20.1 Å². The van der Waals surface area contributed by atoms with E-state index in [9.17, 15) is 0 Å². The molecule has 0 saturated carbocycles. The second-order valence-corrected chi connectivity index (χ2v) is 3.18. The molecule has 0 aliphatic carbocycles. The molecule has 0 aliphatic rings. The van der Waals surface area contributed by atoms with Gasteiger partial charge in [0.1, 0.15) is 10.4 Å². The van der Waals surface area contributed by atoms with Crippen LogP contribution in [0.4, 0.5) is 0 Å². The number of aryl methyl sites for hydroxylation is 1. The molecule has 3 nitrogen and oxygen atoms in total. The van der Waals surface area contributed by atoms with Crippen molar-refractivity contribution in [2.45, 2.75) is 13.3 Å². The van der Waals surface area contributed by atoms with Gasteiger partial charge >= 0.3 is 0 Å². The van der Waals surface area contributed by atoms with E-state index in [1.54, 1.807) is 0 Å². The SMILES string of the molecule is Cc1nc(CCO)c(Br)n1C. The Labute approximate surface area is 74.2 Å². The molecule has 0 radical (unpaired) electrons. The number of hydrogen-bond acceptors (Lipinski definition) is 2. The van der Waals surface area contributed by atoms with Crippen LogP contribution >= 0.6 is 15.9 Å². The average Bonchev–Trinajstić information content (AvgIpc) is 2.19. The molecular weight excluding hydrogens is 208 g/mol. The van der Waals surface area contributed by atoms with E-state index in [-0.39, 0.29) is 6.61 Å². The number of imidazole rings is 1. The van der Waals surface area contributed by atoms with Crippen molar-refractivity contribution in [3.63, 3.8) is 0 Å². The Kier molecular flexibility index (Phi) is 2.67. The highest BCUT2D eigenvalue weighted by Gasteiger charge is 2.07. The minimum Gasteiger partial charge on any atom is -0.396 e. The van der Waals surface area contributed by atoms with E-state index in [2.05, 4.69) is 20.9 Å². The molecule has 1 aromatic rings. The van der Waals surface area contributed by atoms with Gasteiger partial charge in [0.2, 0.25) is 0 Å². The van der Waals surface area contributed by atoms with Crippen LogP contribution in [0.15, 0.2) is 4.60 Å². The third kappa shape index (κ3) is 1.62. The molecule has 62 valence electrons.